The van der Waals surface area contributed by atoms with E-state index in [9.17, 15) is 5.11 Å². The summed E-state index contributed by atoms with van der Waals surface area (Å²) in [4.78, 5) is 0. The number of nitrogens with two attached hydrogens (primary N) is 3. The first-order valence-corrected chi connectivity index (χ1v) is 6.59. The number of aromatic hydroxyl groups is 1. The highest BCUT2D eigenvalue weighted by molar-refractivity contribution is 5.89. The molecule has 0 aliphatic heterocycles. The minimum absolute atomic E-state index is 0.0883. The number of anilines is 3. The van der Waals surface area contributed by atoms with Gasteiger partial charge in [-0.15, -0.1) is 0 Å². The first kappa shape index (κ1) is 13.8. The number of nitrogen functional groups attached to an aromatic ring is 3. The SMILES string of the molecule is CC1(C)c2c(N)c(N)c(N)c(O)c2C(C)(C)C1(C)C. The van der Waals surface area contributed by atoms with Crippen molar-refractivity contribution in [2.75, 3.05) is 17.2 Å². The van der Waals surface area contributed by atoms with E-state index in [-0.39, 0.29) is 33.4 Å². The third kappa shape index (κ3) is 1.24. The second-order valence-corrected chi connectivity index (χ2v) is 7.21. The van der Waals surface area contributed by atoms with Gasteiger partial charge in [0.2, 0.25) is 0 Å². The van der Waals surface area contributed by atoms with Crippen LogP contribution in [0, 0.1) is 5.41 Å². The van der Waals surface area contributed by atoms with Gasteiger partial charge in [-0.05, 0) is 21.8 Å². The Labute approximate surface area is 115 Å². The largest absolute Gasteiger partial charge is 0.505 e. The second-order valence-electron chi connectivity index (χ2n) is 7.21. The van der Waals surface area contributed by atoms with E-state index < -0.39 is 0 Å². The number of hydrogen-bond donors (Lipinski definition) is 4. The molecule has 4 heteroatoms. The molecule has 0 bridgehead atoms. The summed E-state index contributed by atoms with van der Waals surface area (Å²) in [5.74, 6) is 0.0883. The van der Waals surface area contributed by atoms with E-state index in [1.165, 1.54) is 0 Å². The minimum Gasteiger partial charge on any atom is -0.505 e. The molecule has 7 N–H and O–H groups in total. The van der Waals surface area contributed by atoms with Crippen molar-refractivity contribution in [2.45, 2.75) is 52.4 Å². The standard InChI is InChI=1S/C15H25N3O/c1-13(2)7-8(14(3,4)15(13,5)6)12(19)11(18)10(17)9(7)16/h19H,16-18H2,1-6H3. The second kappa shape index (κ2) is 3.30. The Kier molecular flexibility index (Phi) is 2.40. The molecule has 4 nitrogen and oxygen atoms in total. The van der Waals surface area contributed by atoms with Crippen LogP contribution in [0.1, 0.15) is 52.7 Å². The summed E-state index contributed by atoms with van der Waals surface area (Å²) < 4.78 is 0. The number of hydrogen-bond acceptors (Lipinski definition) is 4. The molecular weight excluding hydrogens is 238 g/mol. The van der Waals surface area contributed by atoms with Crippen LogP contribution in [0.3, 0.4) is 0 Å². The van der Waals surface area contributed by atoms with Gasteiger partial charge in [0.1, 0.15) is 5.75 Å². The number of benzene rings is 1. The van der Waals surface area contributed by atoms with E-state index >= 15 is 0 Å². The molecule has 0 saturated heterocycles. The summed E-state index contributed by atoms with van der Waals surface area (Å²) in [5.41, 5.74) is 20.3. The van der Waals surface area contributed by atoms with E-state index in [1.807, 2.05) is 0 Å². The zero-order valence-electron chi connectivity index (χ0n) is 12.7. The Morgan fingerprint density at radius 2 is 1.11 bits per heavy atom. The molecule has 0 unspecified atom stereocenters. The summed E-state index contributed by atoms with van der Waals surface area (Å²) in [6.07, 6.45) is 0. The number of phenols is 1. The van der Waals surface area contributed by atoms with Gasteiger partial charge in [-0.1, -0.05) is 41.5 Å². The molecule has 106 valence electrons. The molecule has 0 saturated carbocycles. The van der Waals surface area contributed by atoms with Crippen molar-refractivity contribution in [3.8, 4) is 5.75 Å². The van der Waals surface area contributed by atoms with Gasteiger partial charge in [-0.25, -0.2) is 0 Å². The Hall–Kier alpha value is -1.58. The highest BCUT2D eigenvalue weighted by atomic mass is 16.3. The van der Waals surface area contributed by atoms with Gasteiger partial charge in [-0.2, -0.15) is 0 Å². The zero-order valence-corrected chi connectivity index (χ0v) is 12.7. The molecule has 0 amide bonds. The van der Waals surface area contributed by atoms with Gasteiger partial charge in [0.15, 0.2) is 0 Å². The molecule has 0 aromatic heterocycles. The zero-order chi connectivity index (χ0) is 15.0. The minimum atomic E-state index is -0.244. The maximum atomic E-state index is 10.5. The molecule has 1 aromatic carbocycles. The fraction of sp³-hybridized carbons (Fsp3) is 0.600. The van der Waals surface area contributed by atoms with Crippen molar-refractivity contribution in [1.29, 1.82) is 0 Å². The molecule has 1 aliphatic rings. The first-order valence-electron chi connectivity index (χ1n) is 6.59. The van der Waals surface area contributed by atoms with Crippen molar-refractivity contribution < 1.29 is 5.11 Å². The third-order valence-corrected chi connectivity index (χ3v) is 5.97. The normalized spacial score (nSPS) is 22.2. The molecule has 0 fully saturated rings. The molecule has 0 atom stereocenters. The van der Waals surface area contributed by atoms with E-state index in [1.54, 1.807) is 0 Å². The summed E-state index contributed by atoms with van der Waals surface area (Å²) in [7, 11) is 0. The van der Waals surface area contributed by atoms with Gasteiger partial charge in [-0.3, -0.25) is 0 Å². The van der Waals surface area contributed by atoms with Crippen LogP contribution in [-0.4, -0.2) is 5.11 Å². The monoisotopic (exact) mass is 263 g/mol. The average molecular weight is 263 g/mol. The van der Waals surface area contributed by atoms with Crippen LogP contribution in [-0.2, 0) is 10.8 Å². The van der Waals surface area contributed by atoms with E-state index in [2.05, 4.69) is 41.5 Å². The van der Waals surface area contributed by atoms with Crippen molar-refractivity contribution in [3.05, 3.63) is 11.1 Å². The number of rotatable bonds is 0. The Morgan fingerprint density at radius 1 is 0.684 bits per heavy atom. The molecule has 19 heavy (non-hydrogen) atoms. The lowest BCUT2D eigenvalue weighted by atomic mass is 9.59. The van der Waals surface area contributed by atoms with Crippen molar-refractivity contribution >= 4 is 17.1 Å². The van der Waals surface area contributed by atoms with Gasteiger partial charge in [0, 0.05) is 5.56 Å². The highest BCUT2D eigenvalue weighted by Crippen LogP contribution is 2.66. The predicted octanol–water partition coefficient (Wildman–Crippen LogP) is 2.73. The van der Waals surface area contributed by atoms with Crippen LogP contribution >= 0.6 is 0 Å². The molecule has 1 aromatic rings. The van der Waals surface area contributed by atoms with Gasteiger partial charge in [0.05, 0.1) is 17.1 Å². The Morgan fingerprint density at radius 3 is 1.58 bits per heavy atom. The fourth-order valence-electron chi connectivity index (χ4n) is 3.46. The summed E-state index contributed by atoms with van der Waals surface area (Å²) in [6, 6.07) is 0. The lowest BCUT2D eigenvalue weighted by Gasteiger charge is -2.44. The quantitative estimate of drug-likeness (QED) is 0.328. The predicted molar refractivity (Wildman–Crippen MR) is 81.2 cm³/mol. The van der Waals surface area contributed by atoms with Crippen LogP contribution in [0.4, 0.5) is 17.1 Å². The number of fused-ring (bicyclic) bond motifs is 1. The highest BCUT2D eigenvalue weighted by Gasteiger charge is 2.59. The van der Waals surface area contributed by atoms with E-state index in [0.29, 0.717) is 5.69 Å². The number of phenolic OH excluding ortho intramolecular Hbond substituents is 1. The summed E-state index contributed by atoms with van der Waals surface area (Å²) in [6.45, 7) is 12.9. The molecule has 0 heterocycles. The maximum absolute atomic E-state index is 10.5. The van der Waals surface area contributed by atoms with Gasteiger partial charge >= 0.3 is 0 Å². The van der Waals surface area contributed by atoms with Crippen LogP contribution in [0.15, 0.2) is 0 Å². The first-order chi connectivity index (χ1) is 8.39. The fourth-order valence-corrected chi connectivity index (χ4v) is 3.46. The Balaban J connectivity index is 3.02. The Bertz CT molecular complexity index is 522. The maximum Gasteiger partial charge on any atom is 0.144 e. The lowest BCUT2D eigenvalue weighted by molar-refractivity contribution is 0.124. The molecule has 0 spiro atoms. The smallest absolute Gasteiger partial charge is 0.144 e. The van der Waals surface area contributed by atoms with E-state index in [4.69, 9.17) is 17.2 Å². The molecule has 2 rings (SSSR count). The van der Waals surface area contributed by atoms with Crippen molar-refractivity contribution in [3.63, 3.8) is 0 Å². The lowest BCUT2D eigenvalue weighted by Crippen LogP contribution is -2.42. The van der Waals surface area contributed by atoms with Crippen molar-refractivity contribution in [1.82, 2.24) is 0 Å². The summed E-state index contributed by atoms with van der Waals surface area (Å²) in [5, 5.41) is 10.5. The van der Waals surface area contributed by atoms with Gasteiger partial charge in [0.25, 0.3) is 0 Å². The van der Waals surface area contributed by atoms with Crippen LogP contribution in [0.5, 0.6) is 5.75 Å². The topological polar surface area (TPSA) is 98.3 Å². The average Bonchev–Trinajstić information content (AvgIpc) is 2.39. The molecular formula is C15H25N3O. The summed E-state index contributed by atoms with van der Waals surface area (Å²) >= 11 is 0. The van der Waals surface area contributed by atoms with Crippen molar-refractivity contribution in [2.24, 2.45) is 5.41 Å². The van der Waals surface area contributed by atoms with Crippen LogP contribution in [0.2, 0.25) is 0 Å². The van der Waals surface area contributed by atoms with Crippen LogP contribution < -0.4 is 17.2 Å². The van der Waals surface area contributed by atoms with Gasteiger partial charge < -0.3 is 22.3 Å². The van der Waals surface area contributed by atoms with Crippen LogP contribution in [0.25, 0.3) is 0 Å². The van der Waals surface area contributed by atoms with E-state index in [0.717, 1.165) is 11.1 Å². The molecule has 0 radical (unpaired) electrons. The molecule has 1 aliphatic carbocycles. The third-order valence-electron chi connectivity index (χ3n) is 5.97.